The summed E-state index contributed by atoms with van der Waals surface area (Å²) in [6.07, 6.45) is -1.43. The first-order valence-corrected chi connectivity index (χ1v) is 4.26. The Labute approximate surface area is 77.5 Å². The van der Waals surface area contributed by atoms with Crippen LogP contribution in [-0.4, -0.2) is 12.3 Å². The zero-order chi connectivity index (χ0) is 9.84. The molecule has 1 unspecified atom stereocenters. The molecule has 0 saturated carbocycles. The van der Waals surface area contributed by atoms with Crippen LogP contribution in [0.5, 0.6) is 5.75 Å². The second-order valence-electron chi connectivity index (χ2n) is 3.07. The van der Waals surface area contributed by atoms with E-state index in [0.29, 0.717) is 11.4 Å². The van der Waals surface area contributed by atoms with E-state index in [4.69, 9.17) is 10.5 Å². The maximum Gasteiger partial charge on any atom is 0.134 e. The summed E-state index contributed by atoms with van der Waals surface area (Å²) in [5.74, 6) is 0.608. The Hall–Kier alpha value is -1.25. The maximum atomic E-state index is 12.7. The molecule has 0 aromatic heterocycles. The molecule has 0 aliphatic heterocycles. The fourth-order valence-electron chi connectivity index (χ4n) is 0.896. The zero-order valence-electron chi connectivity index (χ0n) is 7.83. The van der Waals surface area contributed by atoms with E-state index >= 15 is 0 Å². The molecular formula is C10H14FNO. The number of nitrogen functional groups attached to an aromatic ring is 1. The highest BCUT2D eigenvalue weighted by atomic mass is 19.1. The Bertz CT molecular complexity index is 275. The molecule has 0 bridgehead atoms. The van der Waals surface area contributed by atoms with E-state index in [2.05, 4.69) is 0 Å². The largest absolute Gasteiger partial charge is 0.488 e. The first-order valence-electron chi connectivity index (χ1n) is 4.26. The second-order valence-corrected chi connectivity index (χ2v) is 3.07. The molecule has 0 aliphatic rings. The lowest BCUT2D eigenvalue weighted by Gasteiger charge is -2.15. The van der Waals surface area contributed by atoms with E-state index in [-0.39, 0.29) is 0 Å². The van der Waals surface area contributed by atoms with Crippen molar-refractivity contribution in [3.05, 3.63) is 24.3 Å². The van der Waals surface area contributed by atoms with Crippen molar-refractivity contribution in [3.8, 4) is 5.75 Å². The van der Waals surface area contributed by atoms with Gasteiger partial charge in [0, 0.05) is 11.8 Å². The summed E-state index contributed by atoms with van der Waals surface area (Å²) in [6, 6.07) is 6.98. The number of ether oxygens (including phenoxy) is 1. The van der Waals surface area contributed by atoms with Crippen LogP contribution in [0.4, 0.5) is 10.1 Å². The van der Waals surface area contributed by atoms with Gasteiger partial charge in [0.15, 0.2) is 0 Å². The Morgan fingerprint density at radius 3 is 2.62 bits per heavy atom. The van der Waals surface area contributed by atoms with Gasteiger partial charge in [-0.15, -0.1) is 0 Å². The van der Waals surface area contributed by atoms with E-state index in [1.54, 1.807) is 31.2 Å². The average Bonchev–Trinajstić information content (AvgIpc) is 2.04. The molecule has 0 spiro atoms. The molecule has 0 heterocycles. The molecule has 0 fully saturated rings. The predicted molar refractivity (Wildman–Crippen MR) is 51.5 cm³/mol. The Morgan fingerprint density at radius 2 is 2.08 bits per heavy atom. The average molecular weight is 183 g/mol. The molecule has 0 saturated heterocycles. The topological polar surface area (TPSA) is 35.2 Å². The van der Waals surface area contributed by atoms with Crippen LogP contribution in [0.3, 0.4) is 0 Å². The van der Waals surface area contributed by atoms with Gasteiger partial charge in [0.25, 0.3) is 0 Å². The molecule has 2 N–H and O–H groups in total. The van der Waals surface area contributed by atoms with Gasteiger partial charge < -0.3 is 10.5 Å². The molecule has 0 amide bonds. The highest BCUT2D eigenvalue weighted by Gasteiger charge is 2.11. The lowest BCUT2D eigenvalue weighted by atomic mass is 10.2. The van der Waals surface area contributed by atoms with E-state index < -0.39 is 12.3 Å². The molecule has 1 aromatic rings. The second kappa shape index (κ2) is 4.12. The lowest BCUT2D eigenvalue weighted by Crippen LogP contribution is -2.22. The van der Waals surface area contributed by atoms with Crippen LogP contribution in [0.15, 0.2) is 24.3 Å². The number of alkyl halides is 1. The molecular weight excluding hydrogens is 169 g/mol. The fraction of sp³-hybridized carbons (Fsp3) is 0.400. The van der Waals surface area contributed by atoms with E-state index in [1.807, 2.05) is 0 Å². The third-order valence-electron chi connectivity index (χ3n) is 1.83. The first-order chi connectivity index (χ1) is 6.09. The molecule has 13 heavy (non-hydrogen) atoms. The minimum atomic E-state index is -0.985. The van der Waals surface area contributed by atoms with Crippen LogP contribution < -0.4 is 10.5 Å². The molecule has 0 radical (unpaired) electrons. The molecule has 0 aliphatic carbocycles. The zero-order valence-corrected chi connectivity index (χ0v) is 7.83. The van der Waals surface area contributed by atoms with Gasteiger partial charge in [0.1, 0.15) is 18.0 Å². The number of nitrogens with two attached hydrogens (primary N) is 1. The number of hydrogen-bond acceptors (Lipinski definition) is 2. The van der Waals surface area contributed by atoms with Crippen LogP contribution in [0.1, 0.15) is 13.8 Å². The van der Waals surface area contributed by atoms with Crippen molar-refractivity contribution in [3.63, 3.8) is 0 Å². The van der Waals surface area contributed by atoms with Gasteiger partial charge in [0.2, 0.25) is 0 Å². The maximum absolute atomic E-state index is 12.7. The van der Waals surface area contributed by atoms with Crippen LogP contribution >= 0.6 is 0 Å². The standard InChI is InChI=1S/C10H14FNO/c1-7(11)8(2)13-10-5-3-4-9(12)6-10/h3-8H,12H2,1-2H3/t7-,8?/m0/s1. The van der Waals surface area contributed by atoms with Crippen molar-refractivity contribution in [2.24, 2.45) is 0 Å². The van der Waals surface area contributed by atoms with Crippen LogP contribution in [0.25, 0.3) is 0 Å². The van der Waals surface area contributed by atoms with Crippen molar-refractivity contribution in [2.45, 2.75) is 26.1 Å². The quantitative estimate of drug-likeness (QED) is 0.730. The van der Waals surface area contributed by atoms with Crippen LogP contribution in [-0.2, 0) is 0 Å². The molecule has 2 nitrogen and oxygen atoms in total. The monoisotopic (exact) mass is 183 g/mol. The van der Waals surface area contributed by atoms with Crippen LogP contribution in [0.2, 0.25) is 0 Å². The smallest absolute Gasteiger partial charge is 0.134 e. The van der Waals surface area contributed by atoms with E-state index in [9.17, 15) is 4.39 Å². The van der Waals surface area contributed by atoms with Gasteiger partial charge in [0.05, 0.1) is 0 Å². The number of benzene rings is 1. The van der Waals surface area contributed by atoms with E-state index in [0.717, 1.165) is 0 Å². The summed E-state index contributed by atoms with van der Waals surface area (Å²) in [6.45, 7) is 3.16. The molecule has 72 valence electrons. The Balaban J connectivity index is 2.64. The molecule has 1 aromatic carbocycles. The molecule has 2 atom stereocenters. The molecule has 3 heteroatoms. The lowest BCUT2D eigenvalue weighted by molar-refractivity contribution is 0.126. The van der Waals surface area contributed by atoms with Gasteiger partial charge in [-0.25, -0.2) is 4.39 Å². The fourth-order valence-corrected chi connectivity index (χ4v) is 0.896. The van der Waals surface area contributed by atoms with Crippen molar-refractivity contribution in [2.75, 3.05) is 5.73 Å². The number of anilines is 1. The molecule has 1 rings (SSSR count). The predicted octanol–water partition coefficient (Wildman–Crippen LogP) is 2.39. The summed E-state index contributed by atoms with van der Waals surface area (Å²) in [5.41, 5.74) is 6.16. The van der Waals surface area contributed by atoms with Gasteiger partial charge in [-0.3, -0.25) is 0 Å². The minimum Gasteiger partial charge on any atom is -0.488 e. The van der Waals surface area contributed by atoms with Crippen molar-refractivity contribution in [1.29, 1.82) is 0 Å². The van der Waals surface area contributed by atoms with Crippen molar-refractivity contribution >= 4 is 5.69 Å². The third kappa shape index (κ3) is 2.93. The summed E-state index contributed by atoms with van der Waals surface area (Å²) in [4.78, 5) is 0. The summed E-state index contributed by atoms with van der Waals surface area (Å²) >= 11 is 0. The Morgan fingerprint density at radius 1 is 1.38 bits per heavy atom. The Kier molecular flexibility index (Phi) is 3.12. The number of hydrogen-bond donors (Lipinski definition) is 1. The summed E-state index contributed by atoms with van der Waals surface area (Å²) < 4.78 is 18.0. The number of rotatable bonds is 3. The normalized spacial score (nSPS) is 15.0. The van der Waals surface area contributed by atoms with Gasteiger partial charge in [-0.2, -0.15) is 0 Å². The highest BCUT2D eigenvalue weighted by molar-refractivity contribution is 5.43. The number of halogens is 1. The van der Waals surface area contributed by atoms with Gasteiger partial charge in [-0.1, -0.05) is 6.07 Å². The van der Waals surface area contributed by atoms with Gasteiger partial charge >= 0.3 is 0 Å². The van der Waals surface area contributed by atoms with Gasteiger partial charge in [-0.05, 0) is 26.0 Å². The third-order valence-corrected chi connectivity index (χ3v) is 1.83. The van der Waals surface area contributed by atoms with E-state index in [1.165, 1.54) is 6.92 Å². The minimum absolute atomic E-state index is 0.443. The van der Waals surface area contributed by atoms with Crippen molar-refractivity contribution < 1.29 is 9.13 Å². The first kappa shape index (κ1) is 9.84. The van der Waals surface area contributed by atoms with Crippen LogP contribution in [0, 0.1) is 0 Å². The summed E-state index contributed by atoms with van der Waals surface area (Å²) in [5, 5.41) is 0. The highest BCUT2D eigenvalue weighted by Crippen LogP contribution is 2.17. The SMILES string of the molecule is CC(Oc1cccc(N)c1)[C@H](C)F. The summed E-state index contributed by atoms with van der Waals surface area (Å²) in [7, 11) is 0. The van der Waals surface area contributed by atoms with Crippen molar-refractivity contribution in [1.82, 2.24) is 0 Å².